The van der Waals surface area contributed by atoms with Crippen molar-refractivity contribution in [1.29, 1.82) is 0 Å². The lowest BCUT2D eigenvalue weighted by atomic mass is 9.70. The highest BCUT2D eigenvalue weighted by atomic mass is 32.1. The number of carbonyl (C=O) groups excluding carboxylic acids is 1. The van der Waals surface area contributed by atoms with Crippen molar-refractivity contribution < 1.29 is 19.9 Å². The maximum absolute atomic E-state index is 13.3. The highest BCUT2D eigenvalue weighted by Crippen LogP contribution is 2.41. The Balaban J connectivity index is 1.91. The minimum atomic E-state index is -1.41. The zero-order valence-corrected chi connectivity index (χ0v) is 17.3. The van der Waals surface area contributed by atoms with Crippen molar-refractivity contribution in [1.82, 2.24) is 4.98 Å². The molecule has 3 aromatic rings. The van der Waals surface area contributed by atoms with Crippen molar-refractivity contribution in [3.05, 3.63) is 82.9 Å². The van der Waals surface area contributed by atoms with Gasteiger partial charge in [0.05, 0.1) is 5.41 Å². The van der Waals surface area contributed by atoms with Crippen LogP contribution in [-0.2, 0) is 9.59 Å². The molecule has 0 atom stereocenters. The van der Waals surface area contributed by atoms with Crippen LogP contribution in [0.15, 0.2) is 71.2 Å². The second kappa shape index (κ2) is 8.87. The smallest absolute Gasteiger partial charge is 0.360 e. The zero-order valence-electron chi connectivity index (χ0n) is 16.4. The van der Waals surface area contributed by atoms with E-state index in [-0.39, 0.29) is 22.7 Å². The lowest BCUT2D eigenvalue weighted by molar-refractivity contribution is -0.129. The molecular weight excluding hydrogens is 402 g/mol. The molecule has 0 bridgehead atoms. The number of aromatic nitrogens is 1. The van der Waals surface area contributed by atoms with Gasteiger partial charge in [-0.25, -0.2) is 9.78 Å². The van der Waals surface area contributed by atoms with E-state index in [0.29, 0.717) is 0 Å². The normalized spacial score (nSPS) is 12.0. The van der Waals surface area contributed by atoms with E-state index in [1.165, 1.54) is 5.38 Å². The third-order valence-electron chi connectivity index (χ3n) is 4.84. The van der Waals surface area contributed by atoms with Crippen LogP contribution < -0.4 is 5.32 Å². The summed E-state index contributed by atoms with van der Waals surface area (Å²) in [5.74, 6) is -1.89. The van der Waals surface area contributed by atoms with Crippen LogP contribution in [0, 0.1) is 5.41 Å². The molecule has 0 unspecified atom stereocenters. The van der Waals surface area contributed by atoms with Gasteiger partial charge in [0.1, 0.15) is 5.69 Å². The number of anilines is 1. The average Bonchev–Trinajstić information content (AvgIpc) is 3.17. The van der Waals surface area contributed by atoms with E-state index < -0.39 is 17.1 Å². The molecule has 1 heterocycles. The molecule has 0 aliphatic rings. The van der Waals surface area contributed by atoms with E-state index in [4.69, 9.17) is 10.3 Å². The molecule has 0 aliphatic carbocycles. The number of carboxylic acids is 1. The van der Waals surface area contributed by atoms with Gasteiger partial charge >= 0.3 is 5.97 Å². The number of benzene rings is 2. The Bertz CT molecular complexity index is 1020. The summed E-state index contributed by atoms with van der Waals surface area (Å²) < 4.78 is 0. The van der Waals surface area contributed by atoms with Gasteiger partial charge in [-0.05, 0) is 11.1 Å². The number of rotatable bonds is 7. The predicted molar refractivity (Wildman–Crippen MR) is 115 cm³/mol. The maximum atomic E-state index is 13.3. The standard InChI is InChI=1S/C22H21N3O4S/c1-22(2,17(14-9-5-3-6-10-14)15-11-7-4-8-12-15)20(28)24-21-23-16(13-30-21)18(25-29)19(26)27/h3-13,17,29H,1-2H3,(H,26,27)(H,23,24,28)/b25-18+. The number of oxime groups is 1. The van der Waals surface area contributed by atoms with E-state index in [1.54, 1.807) is 0 Å². The number of nitrogens with one attached hydrogen (secondary N) is 1. The summed E-state index contributed by atoms with van der Waals surface area (Å²) in [6.07, 6.45) is 0. The minimum Gasteiger partial charge on any atom is -0.476 e. The van der Waals surface area contributed by atoms with Crippen LogP contribution >= 0.6 is 11.3 Å². The largest absolute Gasteiger partial charge is 0.476 e. The Kier molecular flexibility index (Phi) is 6.27. The monoisotopic (exact) mass is 423 g/mol. The average molecular weight is 423 g/mol. The van der Waals surface area contributed by atoms with Gasteiger partial charge in [0, 0.05) is 11.3 Å². The van der Waals surface area contributed by atoms with E-state index in [9.17, 15) is 9.59 Å². The summed E-state index contributed by atoms with van der Waals surface area (Å²) in [6, 6.07) is 19.6. The van der Waals surface area contributed by atoms with Crippen LogP contribution in [0.25, 0.3) is 0 Å². The molecule has 2 aromatic carbocycles. The van der Waals surface area contributed by atoms with Crippen molar-refractivity contribution in [2.45, 2.75) is 19.8 Å². The van der Waals surface area contributed by atoms with Crippen molar-refractivity contribution in [3.63, 3.8) is 0 Å². The SMILES string of the molecule is CC(C)(C(=O)Nc1nc(/C(=N\O)C(=O)O)cs1)C(c1ccccc1)c1ccccc1. The summed E-state index contributed by atoms with van der Waals surface area (Å²) in [5.41, 5.74) is 0.548. The van der Waals surface area contributed by atoms with Crippen molar-refractivity contribution in [2.24, 2.45) is 10.6 Å². The Labute approximate surface area is 177 Å². The number of hydrogen-bond acceptors (Lipinski definition) is 6. The van der Waals surface area contributed by atoms with Gasteiger partial charge in [0.2, 0.25) is 11.6 Å². The van der Waals surface area contributed by atoms with E-state index in [2.05, 4.69) is 15.5 Å². The van der Waals surface area contributed by atoms with Gasteiger partial charge in [-0.1, -0.05) is 79.7 Å². The highest BCUT2D eigenvalue weighted by Gasteiger charge is 2.39. The number of aliphatic carboxylic acids is 1. The molecule has 0 saturated carbocycles. The third-order valence-corrected chi connectivity index (χ3v) is 5.60. The second-order valence-electron chi connectivity index (χ2n) is 7.22. The topological polar surface area (TPSA) is 112 Å². The molecule has 0 spiro atoms. The van der Waals surface area contributed by atoms with Crippen LogP contribution in [-0.4, -0.2) is 32.9 Å². The summed E-state index contributed by atoms with van der Waals surface area (Å²) in [7, 11) is 0. The molecule has 154 valence electrons. The Morgan fingerprint density at radius 2 is 1.57 bits per heavy atom. The molecule has 30 heavy (non-hydrogen) atoms. The first-order valence-corrected chi connectivity index (χ1v) is 10.0. The summed E-state index contributed by atoms with van der Waals surface area (Å²) in [4.78, 5) is 28.5. The molecule has 0 fully saturated rings. The molecular formula is C22H21N3O4S. The maximum Gasteiger partial charge on any atom is 0.360 e. The van der Waals surface area contributed by atoms with Crippen LogP contribution in [0.2, 0.25) is 0 Å². The summed E-state index contributed by atoms with van der Waals surface area (Å²) in [5, 5.41) is 25.1. The van der Waals surface area contributed by atoms with Gasteiger partial charge in [-0.2, -0.15) is 0 Å². The van der Waals surface area contributed by atoms with Crippen molar-refractivity contribution >= 4 is 34.1 Å². The zero-order chi connectivity index (χ0) is 21.7. The first-order chi connectivity index (χ1) is 14.3. The summed E-state index contributed by atoms with van der Waals surface area (Å²) >= 11 is 1.06. The van der Waals surface area contributed by atoms with Gasteiger partial charge in [-0.15, -0.1) is 11.3 Å². The Hall–Kier alpha value is -3.52. The molecule has 8 heteroatoms. The van der Waals surface area contributed by atoms with E-state index >= 15 is 0 Å². The van der Waals surface area contributed by atoms with Crippen LogP contribution in [0.5, 0.6) is 0 Å². The molecule has 7 nitrogen and oxygen atoms in total. The van der Waals surface area contributed by atoms with Gasteiger partial charge in [0.25, 0.3) is 0 Å². The number of carboxylic acid groups (broad SMARTS) is 1. The first kappa shape index (κ1) is 21.2. The fourth-order valence-electron chi connectivity index (χ4n) is 3.35. The number of amides is 1. The number of hydrogen-bond donors (Lipinski definition) is 3. The number of thiazole rings is 1. The van der Waals surface area contributed by atoms with E-state index in [1.807, 2.05) is 74.5 Å². The minimum absolute atomic E-state index is 0.0224. The lowest BCUT2D eigenvalue weighted by Gasteiger charge is -2.33. The van der Waals surface area contributed by atoms with Crippen molar-refractivity contribution in [2.75, 3.05) is 5.32 Å². The first-order valence-electron chi connectivity index (χ1n) is 9.17. The third kappa shape index (κ3) is 4.38. The molecule has 0 aliphatic heterocycles. The molecule has 0 saturated heterocycles. The number of carbonyl (C=O) groups is 2. The highest BCUT2D eigenvalue weighted by molar-refractivity contribution is 7.14. The van der Waals surface area contributed by atoms with E-state index in [0.717, 1.165) is 22.5 Å². The van der Waals surface area contributed by atoms with Crippen LogP contribution in [0.4, 0.5) is 5.13 Å². The van der Waals surface area contributed by atoms with Gasteiger partial charge < -0.3 is 15.6 Å². The Morgan fingerprint density at radius 3 is 2.03 bits per heavy atom. The lowest BCUT2D eigenvalue weighted by Crippen LogP contribution is -2.37. The molecule has 1 amide bonds. The molecule has 3 N–H and O–H groups in total. The molecule has 1 aromatic heterocycles. The van der Waals surface area contributed by atoms with Crippen LogP contribution in [0.3, 0.4) is 0 Å². The van der Waals surface area contributed by atoms with Crippen LogP contribution in [0.1, 0.15) is 36.6 Å². The van der Waals surface area contributed by atoms with Gasteiger partial charge in [-0.3, -0.25) is 4.79 Å². The molecule has 0 radical (unpaired) electrons. The quantitative estimate of drug-likeness (QED) is 0.299. The van der Waals surface area contributed by atoms with Gasteiger partial charge in [0.15, 0.2) is 5.13 Å². The summed E-state index contributed by atoms with van der Waals surface area (Å²) in [6.45, 7) is 3.72. The fraction of sp³-hybridized carbons (Fsp3) is 0.182. The number of nitrogens with zero attached hydrogens (tertiary/aromatic N) is 2. The second-order valence-corrected chi connectivity index (χ2v) is 8.08. The van der Waals surface area contributed by atoms with Crippen molar-refractivity contribution in [3.8, 4) is 0 Å². The predicted octanol–water partition coefficient (Wildman–Crippen LogP) is 4.20. The molecule has 3 rings (SSSR count). The Morgan fingerprint density at radius 1 is 1.03 bits per heavy atom. The fourth-order valence-corrected chi connectivity index (χ4v) is 4.04.